The van der Waals surface area contributed by atoms with Gasteiger partial charge in [0.2, 0.25) is 11.8 Å². The molecule has 1 unspecified atom stereocenters. The van der Waals surface area contributed by atoms with Crippen LogP contribution in [-0.2, 0) is 9.59 Å². The molecule has 0 spiro atoms. The minimum atomic E-state index is -0.0466. The molecule has 0 aromatic carbocycles. The highest BCUT2D eigenvalue weighted by atomic mass is 16.2. The van der Waals surface area contributed by atoms with Crippen LogP contribution < -0.4 is 10.6 Å². The second-order valence-corrected chi connectivity index (χ2v) is 6.34. The summed E-state index contributed by atoms with van der Waals surface area (Å²) >= 11 is 0. The van der Waals surface area contributed by atoms with Crippen molar-refractivity contribution in [3.05, 3.63) is 0 Å². The van der Waals surface area contributed by atoms with Gasteiger partial charge in [-0.3, -0.25) is 14.5 Å². The minimum Gasteiger partial charge on any atom is -0.352 e. The summed E-state index contributed by atoms with van der Waals surface area (Å²) in [6.45, 7) is 2.63. The Bertz CT molecular complexity index is 363. The van der Waals surface area contributed by atoms with E-state index in [0.29, 0.717) is 18.6 Å². The van der Waals surface area contributed by atoms with E-state index >= 15 is 0 Å². The topological polar surface area (TPSA) is 64.7 Å². The zero-order valence-electron chi connectivity index (χ0n) is 13.2. The van der Waals surface area contributed by atoms with Crippen LogP contribution in [0.5, 0.6) is 0 Å². The number of carbonyl (C=O) groups is 2. The highest BCUT2D eigenvalue weighted by Crippen LogP contribution is 2.18. The van der Waals surface area contributed by atoms with E-state index in [-0.39, 0.29) is 18.4 Å². The van der Waals surface area contributed by atoms with E-state index in [1.54, 1.807) is 7.05 Å². The van der Waals surface area contributed by atoms with Crippen molar-refractivity contribution >= 4 is 11.8 Å². The lowest BCUT2D eigenvalue weighted by Crippen LogP contribution is -2.45. The van der Waals surface area contributed by atoms with Gasteiger partial charge in [0.25, 0.3) is 0 Å². The molecular formula is C15H28N4O2. The van der Waals surface area contributed by atoms with Gasteiger partial charge < -0.3 is 15.5 Å². The van der Waals surface area contributed by atoms with Crippen LogP contribution in [0.3, 0.4) is 0 Å². The molecule has 6 nitrogen and oxygen atoms in total. The Morgan fingerprint density at radius 3 is 2.57 bits per heavy atom. The number of hydrogen-bond acceptors (Lipinski definition) is 4. The summed E-state index contributed by atoms with van der Waals surface area (Å²) in [5.74, 6) is -0.0321. The Balaban J connectivity index is 1.71. The van der Waals surface area contributed by atoms with Crippen LogP contribution in [-0.4, -0.2) is 74.0 Å². The zero-order valence-corrected chi connectivity index (χ0v) is 13.2. The predicted molar refractivity (Wildman–Crippen MR) is 81.9 cm³/mol. The summed E-state index contributed by atoms with van der Waals surface area (Å²) in [6, 6.07) is 0.805. The number of hydrogen-bond donors (Lipinski definition) is 2. The lowest BCUT2D eigenvalue weighted by molar-refractivity contribution is -0.135. The monoisotopic (exact) mass is 296 g/mol. The summed E-state index contributed by atoms with van der Waals surface area (Å²) in [4.78, 5) is 27.6. The first-order valence-electron chi connectivity index (χ1n) is 8.00. The SMILES string of the molecule is CN(CC(=O)NC1CC1)C(=O)CN(C)C1CCCNCC1. The van der Waals surface area contributed by atoms with Crippen molar-refractivity contribution in [3.63, 3.8) is 0 Å². The smallest absolute Gasteiger partial charge is 0.239 e. The number of rotatable bonds is 6. The fourth-order valence-corrected chi connectivity index (χ4v) is 2.71. The van der Waals surface area contributed by atoms with Crippen LogP contribution in [0.15, 0.2) is 0 Å². The van der Waals surface area contributed by atoms with Crippen molar-refractivity contribution in [2.75, 3.05) is 40.3 Å². The minimum absolute atomic E-state index is 0.0145. The fraction of sp³-hybridized carbons (Fsp3) is 0.867. The maximum atomic E-state index is 12.2. The largest absolute Gasteiger partial charge is 0.352 e. The maximum absolute atomic E-state index is 12.2. The molecule has 2 rings (SSSR count). The van der Waals surface area contributed by atoms with Crippen molar-refractivity contribution < 1.29 is 9.59 Å². The molecule has 1 aliphatic carbocycles. The molecule has 0 aromatic heterocycles. The van der Waals surface area contributed by atoms with Crippen LogP contribution in [0.25, 0.3) is 0 Å². The number of nitrogens with one attached hydrogen (secondary N) is 2. The molecule has 6 heteroatoms. The van der Waals surface area contributed by atoms with E-state index in [1.165, 1.54) is 4.90 Å². The van der Waals surface area contributed by atoms with Crippen molar-refractivity contribution in [1.29, 1.82) is 0 Å². The van der Waals surface area contributed by atoms with Gasteiger partial charge in [-0.05, 0) is 52.2 Å². The van der Waals surface area contributed by atoms with Crippen molar-refractivity contribution in [2.24, 2.45) is 0 Å². The molecule has 1 saturated heterocycles. The normalized spacial score (nSPS) is 22.7. The van der Waals surface area contributed by atoms with Crippen LogP contribution in [0.2, 0.25) is 0 Å². The summed E-state index contributed by atoms with van der Waals surface area (Å²) in [6.07, 6.45) is 5.50. The van der Waals surface area contributed by atoms with Crippen molar-refractivity contribution in [2.45, 2.75) is 44.2 Å². The summed E-state index contributed by atoms with van der Waals surface area (Å²) in [5, 5.41) is 6.29. The van der Waals surface area contributed by atoms with Gasteiger partial charge in [0.05, 0.1) is 13.1 Å². The Kier molecular flexibility index (Phi) is 5.99. The first kappa shape index (κ1) is 16.2. The van der Waals surface area contributed by atoms with Gasteiger partial charge in [-0.2, -0.15) is 0 Å². The van der Waals surface area contributed by atoms with Crippen molar-refractivity contribution in [3.8, 4) is 0 Å². The molecule has 0 aromatic rings. The predicted octanol–water partition coefficient (Wildman–Crippen LogP) is -0.203. The molecule has 1 heterocycles. The second-order valence-electron chi connectivity index (χ2n) is 6.34. The molecule has 1 atom stereocenters. The second kappa shape index (κ2) is 7.75. The van der Waals surface area contributed by atoms with E-state index < -0.39 is 0 Å². The molecule has 2 amide bonds. The lowest BCUT2D eigenvalue weighted by atomic mass is 10.1. The Morgan fingerprint density at radius 1 is 1.10 bits per heavy atom. The molecule has 0 radical (unpaired) electrons. The van der Waals surface area contributed by atoms with E-state index in [9.17, 15) is 9.59 Å². The van der Waals surface area contributed by atoms with Crippen LogP contribution in [0.1, 0.15) is 32.1 Å². The first-order chi connectivity index (χ1) is 10.1. The van der Waals surface area contributed by atoms with E-state index in [2.05, 4.69) is 15.5 Å². The Morgan fingerprint density at radius 2 is 1.86 bits per heavy atom. The fourth-order valence-electron chi connectivity index (χ4n) is 2.71. The summed E-state index contributed by atoms with van der Waals surface area (Å²) < 4.78 is 0. The molecule has 2 fully saturated rings. The van der Waals surface area contributed by atoms with Gasteiger partial charge in [-0.15, -0.1) is 0 Å². The maximum Gasteiger partial charge on any atom is 0.239 e. The molecule has 1 aliphatic heterocycles. The highest BCUT2D eigenvalue weighted by Gasteiger charge is 2.25. The summed E-state index contributed by atoms with van der Waals surface area (Å²) in [7, 11) is 3.71. The molecule has 2 N–H and O–H groups in total. The number of nitrogens with zero attached hydrogens (tertiary/aromatic N) is 2. The highest BCUT2D eigenvalue weighted by molar-refractivity contribution is 5.85. The Labute approximate surface area is 127 Å². The molecule has 120 valence electrons. The quantitative estimate of drug-likeness (QED) is 0.712. The van der Waals surface area contributed by atoms with Gasteiger partial charge in [0.1, 0.15) is 0 Å². The van der Waals surface area contributed by atoms with E-state index in [4.69, 9.17) is 0 Å². The van der Waals surface area contributed by atoms with Gasteiger partial charge in [0.15, 0.2) is 0 Å². The third-order valence-corrected chi connectivity index (χ3v) is 4.30. The third-order valence-electron chi connectivity index (χ3n) is 4.30. The van der Waals surface area contributed by atoms with Gasteiger partial charge in [-0.1, -0.05) is 0 Å². The van der Waals surface area contributed by atoms with Gasteiger partial charge >= 0.3 is 0 Å². The molecule has 0 bridgehead atoms. The number of carbonyl (C=O) groups excluding carboxylic acids is 2. The van der Waals surface area contributed by atoms with Crippen molar-refractivity contribution in [1.82, 2.24) is 20.4 Å². The summed E-state index contributed by atoms with van der Waals surface area (Å²) in [5.41, 5.74) is 0. The van der Waals surface area contributed by atoms with E-state index in [1.807, 2.05) is 7.05 Å². The van der Waals surface area contributed by atoms with Crippen LogP contribution in [0, 0.1) is 0 Å². The van der Waals surface area contributed by atoms with Gasteiger partial charge in [-0.25, -0.2) is 0 Å². The third kappa shape index (κ3) is 5.63. The molecular weight excluding hydrogens is 268 g/mol. The van der Waals surface area contributed by atoms with Crippen LogP contribution >= 0.6 is 0 Å². The average molecular weight is 296 g/mol. The number of amides is 2. The average Bonchev–Trinajstić information content (AvgIpc) is 3.24. The first-order valence-corrected chi connectivity index (χ1v) is 8.00. The molecule has 2 aliphatic rings. The van der Waals surface area contributed by atoms with E-state index in [0.717, 1.165) is 45.2 Å². The number of likely N-dealkylation sites (N-methyl/N-ethyl adjacent to an activating group) is 2. The molecule has 1 saturated carbocycles. The van der Waals surface area contributed by atoms with Gasteiger partial charge in [0, 0.05) is 19.1 Å². The molecule has 21 heavy (non-hydrogen) atoms. The zero-order chi connectivity index (χ0) is 15.2. The Hall–Kier alpha value is -1.14. The van der Waals surface area contributed by atoms with Crippen LogP contribution in [0.4, 0.5) is 0 Å². The lowest BCUT2D eigenvalue weighted by Gasteiger charge is -2.28. The standard InChI is InChI=1S/C15H28N4O2/c1-18(13-4-3-8-16-9-7-13)11-15(21)19(2)10-14(20)17-12-5-6-12/h12-13,16H,3-11H2,1-2H3,(H,17,20).